The van der Waals surface area contributed by atoms with E-state index in [9.17, 15) is 4.79 Å². The molecule has 0 aliphatic carbocycles. The van der Waals surface area contributed by atoms with Gasteiger partial charge >= 0.3 is 6.03 Å². The molecule has 4 heteroatoms. The van der Waals surface area contributed by atoms with Gasteiger partial charge < -0.3 is 15.5 Å². The lowest BCUT2D eigenvalue weighted by molar-refractivity contribution is -0.914. The normalized spacial score (nSPS) is 16.3. The van der Waals surface area contributed by atoms with Gasteiger partial charge in [-0.3, -0.25) is 0 Å². The lowest BCUT2D eigenvalue weighted by Gasteiger charge is -2.25. The fourth-order valence-electron chi connectivity index (χ4n) is 3.21. The summed E-state index contributed by atoms with van der Waals surface area (Å²) in [4.78, 5) is 13.5. The van der Waals surface area contributed by atoms with E-state index in [1.54, 1.807) is 0 Å². The maximum Gasteiger partial charge on any atom is 0.319 e. The van der Waals surface area contributed by atoms with Crippen LogP contribution < -0.4 is 15.5 Å². The van der Waals surface area contributed by atoms with Gasteiger partial charge in [0.1, 0.15) is 6.54 Å². The molecule has 0 saturated carbocycles. The number of quaternary nitrogens is 1. The molecule has 126 valence electrons. The van der Waals surface area contributed by atoms with Crippen LogP contribution in [0.3, 0.4) is 0 Å². The molecule has 1 atom stereocenters. The van der Waals surface area contributed by atoms with Crippen molar-refractivity contribution < 1.29 is 9.69 Å². The number of amides is 2. The second-order valence-corrected chi connectivity index (χ2v) is 6.38. The molecule has 1 unspecified atom stereocenters. The number of carbonyl (C=O) groups is 1. The number of urea groups is 1. The minimum atomic E-state index is -0.129. The number of aryl methyl sites for hydroxylation is 1. The first kappa shape index (κ1) is 16.5. The molecule has 3 rings (SSSR count). The monoisotopic (exact) mass is 324 g/mol. The van der Waals surface area contributed by atoms with Gasteiger partial charge in [0.15, 0.2) is 0 Å². The van der Waals surface area contributed by atoms with Crippen molar-refractivity contribution in [1.29, 1.82) is 0 Å². The Balaban J connectivity index is 1.41. The van der Waals surface area contributed by atoms with Gasteiger partial charge in [-0.05, 0) is 29.7 Å². The second-order valence-electron chi connectivity index (χ2n) is 6.38. The number of hydrogen-bond donors (Lipinski definition) is 3. The summed E-state index contributed by atoms with van der Waals surface area (Å²) >= 11 is 0. The first-order chi connectivity index (χ1) is 11.7. The molecule has 2 amide bonds. The molecule has 1 aliphatic heterocycles. The predicted molar refractivity (Wildman–Crippen MR) is 97.4 cm³/mol. The summed E-state index contributed by atoms with van der Waals surface area (Å²) in [6.45, 7) is 5.96. The van der Waals surface area contributed by atoms with E-state index in [1.165, 1.54) is 21.6 Å². The van der Waals surface area contributed by atoms with Crippen molar-refractivity contribution in [2.75, 3.05) is 25.0 Å². The molecule has 2 aromatic rings. The van der Waals surface area contributed by atoms with Crippen LogP contribution in [0.4, 0.5) is 10.5 Å². The van der Waals surface area contributed by atoms with Crippen LogP contribution in [0.1, 0.15) is 23.6 Å². The smallest absolute Gasteiger partial charge is 0.319 e. The van der Waals surface area contributed by atoms with Crippen molar-refractivity contribution in [3.63, 3.8) is 0 Å². The summed E-state index contributed by atoms with van der Waals surface area (Å²) in [5, 5.41) is 5.85. The number of anilines is 1. The van der Waals surface area contributed by atoms with E-state index in [-0.39, 0.29) is 6.03 Å². The average molecular weight is 324 g/mol. The minimum absolute atomic E-state index is 0.129. The summed E-state index contributed by atoms with van der Waals surface area (Å²) in [5.41, 5.74) is 5.03. The highest BCUT2D eigenvalue weighted by Gasteiger charge is 2.18. The van der Waals surface area contributed by atoms with Crippen molar-refractivity contribution >= 4 is 11.7 Å². The van der Waals surface area contributed by atoms with Crippen LogP contribution in [0.25, 0.3) is 0 Å². The number of carbonyl (C=O) groups excluding carboxylic acids is 1. The summed E-state index contributed by atoms with van der Waals surface area (Å²) in [6.07, 6.45) is 2.13. The SMILES string of the molecule is CCc1ccc(NC(=O)NCC[NH+]2CCc3ccccc3C2)cc1. The third-order valence-electron chi connectivity index (χ3n) is 4.69. The molecular weight excluding hydrogens is 298 g/mol. The summed E-state index contributed by atoms with van der Waals surface area (Å²) in [7, 11) is 0. The van der Waals surface area contributed by atoms with Crippen molar-refractivity contribution in [2.24, 2.45) is 0 Å². The van der Waals surface area contributed by atoms with Crippen molar-refractivity contribution in [1.82, 2.24) is 5.32 Å². The highest BCUT2D eigenvalue weighted by atomic mass is 16.2. The Morgan fingerprint density at radius 3 is 2.58 bits per heavy atom. The van der Waals surface area contributed by atoms with E-state index in [4.69, 9.17) is 0 Å². The Kier molecular flexibility index (Phi) is 5.49. The average Bonchev–Trinajstić information content (AvgIpc) is 2.62. The zero-order valence-electron chi connectivity index (χ0n) is 14.3. The van der Waals surface area contributed by atoms with Gasteiger partial charge in [-0.15, -0.1) is 0 Å². The van der Waals surface area contributed by atoms with Gasteiger partial charge in [-0.25, -0.2) is 4.79 Å². The lowest BCUT2D eigenvalue weighted by Crippen LogP contribution is -3.12. The first-order valence-electron chi connectivity index (χ1n) is 8.78. The lowest BCUT2D eigenvalue weighted by atomic mass is 10.00. The topological polar surface area (TPSA) is 45.6 Å². The zero-order chi connectivity index (χ0) is 16.8. The largest absolute Gasteiger partial charge is 0.332 e. The number of benzene rings is 2. The van der Waals surface area contributed by atoms with Crippen LogP contribution in [0.5, 0.6) is 0 Å². The standard InChI is InChI=1S/C20H25N3O/c1-2-16-7-9-19(10-8-16)22-20(24)21-12-14-23-13-11-17-5-3-4-6-18(17)15-23/h3-10H,2,11-15H2,1H3,(H2,21,22,24)/p+1. The maximum atomic E-state index is 12.0. The second kappa shape index (κ2) is 7.97. The van der Waals surface area contributed by atoms with Gasteiger partial charge in [-0.2, -0.15) is 0 Å². The quantitative estimate of drug-likeness (QED) is 0.774. The Bertz CT molecular complexity index is 682. The van der Waals surface area contributed by atoms with Gasteiger partial charge in [0.2, 0.25) is 0 Å². The van der Waals surface area contributed by atoms with Crippen LogP contribution in [0.15, 0.2) is 48.5 Å². The third kappa shape index (κ3) is 4.36. The maximum absolute atomic E-state index is 12.0. The van der Waals surface area contributed by atoms with Crippen molar-refractivity contribution in [2.45, 2.75) is 26.3 Å². The molecule has 0 radical (unpaired) electrons. The molecule has 24 heavy (non-hydrogen) atoms. The van der Waals surface area contributed by atoms with Crippen molar-refractivity contribution in [3.8, 4) is 0 Å². The van der Waals surface area contributed by atoms with E-state index >= 15 is 0 Å². The van der Waals surface area contributed by atoms with Crippen LogP contribution >= 0.6 is 0 Å². The molecule has 1 aliphatic rings. The Labute approximate surface area is 143 Å². The Morgan fingerprint density at radius 2 is 1.83 bits per heavy atom. The molecule has 0 aromatic heterocycles. The number of hydrogen-bond acceptors (Lipinski definition) is 1. The third-order valence-corrected chi connectivity index (χ3v) is 4.69. The fraction of sp³-hybridized carbons (Fsp3) is 0.350. The Hall–Kier alpha value is -2.33. The number of fused-ring (bicyclic) bond motifs is 1. The van der Waals surface area contributed by atoms with Gasteiger partial charge in [0.25, 0.3) is 0 Å². The predicted octanol–water partition coefficient (Wildman–Crippen LogP) is 2.01. The zero-order valence-corrected chi connectivity index (χ0v) is 14.3. The molecular formula is C20H26N3O+. The van der Waals surface area contributed by atoms with Gasteiger partial charge in [-0.1, -0.05) is 43.3 Å². The molecule has 1 heterocycles. The minimum Gasteiger partial charge on any atom is -0.332 e. The fourth-order valence-corrected chi connectivity index (χ4v) is 3.21. The first-order valence-corrected chi connectivity index (χ1v) is 8.78. The Morgan fingerprint density at radius 1 is 1.08 bits per heavy atom. The summed E-state index contributed by atoms with van der Waals surface area (Å²) in [5.74, 6) is 0. The molecule has 0 bridgehead atoms. The summed E-state index contributed by atoms with van der Waals surface area (Å²) in [6, 6.07) is 16.5. The van der Waals surface area contributed by atoms with Crippen LogP contribution in [-0.2, 0) is 19.4 Å². The van der Waals surface area contributed by atoms with E-state index in [2.05, 4.69) is 41.8 Å². The molecule has 0 fully saturated rings. The van der Waals surface area contributed by atoms with Gasteiger partial charge in [0.05, 0.1) is 19.6 Å². The molecule has 0 spiro atoms. The van der Waals surface area contributed by atoms with Crippen LogP contribution in [0.2, 0.25) is 0 Å². The highest BCUT2D eigenvalue weighted by Crippen LogP contribution is 2.10. The molecule has 3 N–H and O–H groups in total. The molecule has 0 saturated heterocycles. The number of nitrogens with one attached hydrogen (secondary N) is 3. The highest BCUT2D eigenvalue weighted by molar-refractivity contribution is 5.89. The van der Waals surface area contributed by atoms with E-state index in [1.807, 2.05) is 24.3 Å². The van der Waals surface area contributed by atoms with Crippen molar-refractivity contribution in [3.05, 3.63) is 65.2 Å². The summed E-state index contributed by atoms with van der Waals surface area (Å²) < 4.78 is 0. The molecule has 4 nitrogen and oxygen atoms in total. The van der Waals surface area contributed by atoms with Gasteiger partial charge in [0, 0.05) is 17.7 Å². The van der Waals surface area contributed by atoms with E-state index in [0.717, 1.165) is 38.2 Å². The van der Waals surface area contributed by atoms with E-state index < -0.39 is 0 Å². The molecule has 2 aromatic carbocycles. The number of rotatable bonds is 5. The van der Waals surface area contributed by atoms with E-state index in [0.29, 0.717) is 6.54 Å². The van der Waals surface area contributed by atoms with Crippen LogP contribution in [-0.4, -0.2) is 25.7 Å². The van der Waals surface area contributed by atoms with Crippen LogP contribution in [0, 0.1) is 0 Å².